The Morgan fingerprint density at radius 2 is 1.62 bits per heavy atom. The van der Waals surface area contributed by atoms with E-state index < -0.39 is 0 Å². The van der Waals surface area contributed by atoms with E-state index in [4.69, 9.17) is 4.74 Å². The lowest BCUT2D eigenvalue weighted by atomic mass is 10.1. The summed E-state index contributed by atoms with van der Waals surface area (Å²) in [6.45, 7) is 3.90. The third-order valence-electron chi connectivity index (χ3n) is 5.44. The molecule has 3 aromatic rings. The van der Waals surface area contributed by atoms with Gasteiger partial charge >= 0.3 is 0 Å². The van der Waals surface area contributed by atoms with Crippen LogP contribution in [0.3, 0.4) is 0 Å². The van der Waals surface area contributed by atoms with E-state index in [0.717, 1.165) is 10.4 Å². The third kappa shape index (κ3) is 8.08. The van der Waals surface area contributed by atoms with Gasteiger partial charge in [-0.15, -0.1) is 11.3 Å². The Morgan fingerprint density at radius 3 is 2.26 bits per heavy atom. The Morgan fingerprint density at radius 1 is 0.882 bits per heavy atom. The first kappa shape index (κ1) is 25.6. The molecule has 1 aromatic heterocycles. The number of thiophene rings is 1. The molecule has 0 fully saturated rings. The van der Waals surface area contributed by atoms with Crippen LogP contribution in [0.5, 0.6) is 0 Å². The van der Waals surface area contributed by atoms with E-state index in [1.54, 1.807) is 40.4 Å². The van der Waals surface area contributed by atoms with Crippen LogP contribution in [0.2, 0.25) is 0 Å². The zero-order valence-electron chi connectivity index (χ0n) is 19.7. The molecule has 7 heteroatoms. The van der Waals surface area contributed by atoms with Gasteiger partial charge in [-0.2, -0.15) is 0 Å². The second-order valence-electron chi connectivity index (χ2n) is 8.21. The number of carbonyl (C=O) groups excluding carboxylic acids is 2. The van der Waals surface area contributed by atoms with Crippen LogP contribution in [-0.4, -0.2) is 48.4 Å². The molecule has 34 heavy (non-hydrogen) atoms. The van der Waals surface area contributed by atoms with Gasteiger partial charge in [0.05, 0.1) is 19.5 Å². The van der Waals surface area contributed by atoms with E-state index >= 15 is 0 Å². The normalized spacial score (nSPS) is 10.8. The van der Waals surface area contributed by atoms with Gasteiger partial charge in [-0.05, 0) is 48.7 Å². The molecule has 0 aliphatic rings. The average Bonchev–Trinajstić information content (AvgIpc) is 3.24. The Bertz CT molecular complexity index is 1050. The zero-order chi connectivity index (χ0) is 24.3. The summed E-state index contributed by atoms with van der Waals surface area (Å²) < 4.78 is 18.4. The van der Waals surface area contributed by atoms with Crippen LogP contribution in [0.25, 0.3) is 0 Å². The molecule has 0 saturated heterocycles. The van der Waals surface area contributed by atoms with Crippen LogP contribution in [0, 0.1) is 12.7 Å². The highest BCUT2D eigenvalue weighted by Crippen LogP contribution is 2.19. The number of hydrogen-bond donors (Lipinski definition) is 0. The van der Waals surface area contributed by atoms with Crippen LogP contribution in [-0.2, 0) is 33.8 Å². The summed E-state index contributed by atoms with van der Waals surface area (Å²) in [6, 6.07) is 19.8. The van der Waals surface area contributed by atoms with Crippen molar-refractivity contribution in [2.45, 2.75) is 32.9 Å². The van der Waals surface area contributed by atoms with Crippen molar-refractivity contribution in [1.82, 2.24) is 9.80 Å². The summed E-state index contributed by atoms with van der Waals surface area (Å²) in [5.74, 6) is -0.619. The Kier molecular flexibility index (Phi) is 9.79. The number of rotatable bonds is 12. The number of ether oxygens (including phenoxy) is 1. The SMILES string of the molecule is COCCCN(CC(=O)N(Cc1ccccc1)Cc1ccc(C)s1)C(=O)Cc1ccc(F)cc1. The lowest BCUT2D eigenvalue weighted by Crippen LogP contribution is -2.43. The van der Waals surface area contributed by atoms with Crippen LogP contribution < -0.4 is 0 Å². The highest BCUT2D eigenvalue weighted by molar-refractivity contribution is 7.11. The van der Waals surface area contributed by atoms with Gasteiger partial charge in [0.2, 0.25) is 11.8 Å². The summed E-state index contributed by atoms with van der Waals surface area (Å²) in [7, 11) is 1.61. The van der Waals surface area contributed by atoms with Gasteiger partial charge < -0.3 is 14.5 Å². The quantitative estimate of drug-likeness (QED) is 0.348. The smallest absolute Gasteiger partial charge is 0.242 e. The maximum atomic E-state index is 13.5. The van der Waals surface area contributed by atoms with Crippen LogP contribution >= 0.6 is 11.3 Å². The van der Waals surface area contributed by atoms with E-state index in [2.05, 4.69) is 6.07 Å². The van der Waals surface area contributed by atoms with Crippen LogP contribution in [0.15, 0.2) is 66.7 Å². The Labute approximate surface area is 204 Å². The van der Waals surface area contributed by atoms with Crippen LogP contribution in [0.1, 0.15) is 27.3 Å². The molecule has 0 atom stereocenters. The van der Waals surface area contributed by atoms with Crippen LogP contribution in [0.4, 0.5) is 4.39 Å². The molecule has 0 saturated carbocycles. The molecule has 0 N–H and O–H groups in total. The fraction of sp³-hybridized carbons (Fsp3) is 0.333. The molecule has 0 unspecified atom stereocenters. The first-order valence-corrected chi connectivity index (χ1v) is 12.1. The molecule has 3 rings (SSSR count). The summed E-state index contributed by atoms with van der Waals surface area (Å²) in [6.07, 6.45) is 0.741. The average molecular weight is 483 g/mol. The molecular weight excluding hydrogens is 451 g/mol. The highest BCUT2D eigenvalue weighted by Gasteiger charge is 2.22. The maximum absolute atomic E-state index is 13.5. The highest BCUT2D eigenvalue weighted by atomic mass is 32.1. The van der Waals surface area contributed by atoms with Crippen molar-refractivity contribution in [2.75, 3.05) is 26.8 Å². The fourth-order valence-corrected chi connectivity index (χ4v) is 4.54. The lowest BCUT2D eigenvalue weighted by Gasteiger charge is -2.28. The van der Waals surface area contributed by atoms with Gasteiger partial charge in [-0.3, -0.25) is 9.59 Å². The Balaban J connectivity index is 1.74. The minimum atomic E-state index is -0.344. The first-order valence-electron chi connectivity index (χ1n) is 11.3. The zero-order valence-corrected chi connectivity index (χ0v) is 20.5. The van der Waals surface area contributed by atoms with Gasteiger partial charge in [0, 0.05) is 36.6 Å². The number of aryl methyl sites for hydroxylation is 1. The topological polar surface area (TPSA) is 49.9 Å². The second-order valence-corrected chi connectivity index (χ2v) is 9.59. The Hall–Kier alpha value is -3.03. The van der Waals surface area contributed by atoms with E-state index in [1.165, 1.54) is 17.0 Å². The fourth-order valence-electron chi connectivity index (χ4n) is 3.64. The maximum Gasteiger partial charge on any atom is 0.242 e. The van der Waals surface area contributed by atoms with E-state index in [-0.39, 0.29) is 30.6 Å². The minimum absolute atomic E-state index is 0.0130. The standard InChI is InChI=1S/C27H31FN2O3S/c1-21-9-14-25(34-21)19-30(18-23-7-4-3-5-8-23)27(32)20-29(15-6-16-33-2)26(31)17-22-10-12-24(28)13-11-22/h3-5,7-14H,6,15-20H2,1-2H3. The molecule has 0 aliphatic carbocycles. The number of amides is 2. The molecule has 0 bridgehead atoms. The number of nitrogens with zero attached hydrogens (tertiary/aromatic N) is 2. The molecule has 2 amide bonds. The number of carbonyl (C=O) groups is 2. The predicted molar refractivity (Wildman–Crippen MR) is 133 cm³/mol. The number of halogens is 1. The number of benzene rings is 2. The van der Waals surface area contributed by atoms with Gasteiger partial charge in [-0.25, -0.2) is 4.39 Å². The molecule has 0 aliphatic heterocycles. The van der Waals surface area contributed by atoms with E-state index in [9.17, 15) is 14.0 Å². The van der Waals surface area contributed by atoms with Gasteiger partial charge in [0.1, 0.15) is 5.82 Å². The van der Waals surface area contributed by atoms with E-state index in [0.29, 0.717) is 38.2 Å². The van der Waals surface area contributed by atoms with Crippen molar-refractivity contribution < 1.29 is 18.7 Å². The molecule has 0 spiro atoms. The van der Waals surface area contributed by atoms with E-state index in [1.807, 2.05) is 43.3 Å². The molecular formula is C27H31FN2O3S. The minimum Gasteiger partial charge on any atom is -0.385 e. The second kappa shape index (κ2) is 13.0. The van der Waals surface area contributed by atoms with Crippen molar-refractivity contribution in [3.63, 3.8) is 0 Å². The summed E-state index contributed by atoms with van der Waals surface area (Å²) in [5, 5.41) is 0. The molecule has 1 heterocycles. The molecule has 2 aromatic carbocycles. The van der Waals surface area contributed by atoms with Crippen molar-refractivity contribution in [2.24, 2.45) is 0 Å². The largest absolute Gasteiger partial charge is 0.385 e. The summed E-state index contributed by atoms with van der Waals surface area (Å²) in [5.41, 5.74) is 1.75. The van der Waals surface area contributed by atoms with Gasteiger partial charge in [-0.1, -0.05) is 42.5 Å². The van der Waals surface area contributed by atoms with Crippen molar-refractivity contribution in [1.29, 1.82) is 0 Å². The van der Waals surface area contributed by atoms with Gasteiger partial charge in [0.25, 0.3) is 0 Å². The monoisotopic (exact) mass is 482 g/mol. The lowest BCUT2D eigenvalue weighted by molar-refractivity contribution is -0.141. The number of methoxy groups -OCH3 is 1. The molecule has 0 radical (unpaired) electrons. The number of hydrogen-bond acceptors (Lipinski definition) is 4. The molecule has 5 nitrogen and oxygen atoms in total. The van der Waals surface area contributed by atoms with Crippen molar-refractivity contribution in [3.05, 3.63) is 93.4 Å². The van der Waals surface area contributed by atoms with Crippen molar-refractivity contribution >= 4 is 23.2 Å². The first-order chi connectivity index (χ1) is 16.4. The van der Waals surface area contributed by atoms with Crippen molar-refractivity contribution in [3.8, 4) is 0 Å². The summed E-state index contributed by atoms with van der Waals surface area (Å²) >= 11 is 1.67. The molecule has 180 valence electrons. The van der Waals surface area contributed by atoms with Gasteiger partial charge in [0.15, 0.2) is 0 Å². The predicted octanol–water partition coefficient (Wildman–Crippen LogP) is 4.83. The third-order valence-corrected chi connectivity index (χ3v) is 6.42. The summed E-state index contributed by atoms with van der Waals surface area (Å²) in [4.78, 5) is 32.2.